The average molecular weight is 421 g/mol. The minimum Gasteiger partial charge on any atom is -0.497 e. The van der Waals surface area contributed by atoms with Gasteiger partial charge in [-0.1, -0.05) is 30.3 Å². The van der Waals surface area contributed by atoms with Gasteiger partial charge in [0.05, 0.1) is 26.3 Å². The van der Waals surface area contributed by atoms with E-state index in [9.17, 15) is 9.59 Å². The lowest BCUT2D eigenvalue weighted by Crippen LogP contribution is -2.46. The van der Waals surface area contributed by atoms with Crippen LogP contribution < -0.4 is 9.47 Å². The van der Waals surface area contributed by atoms with Gasteiger partial charge in [0.2, 0.25) is 0 Å². The van der Waals surface area contributed by atoms with Gasteiger partial charge in [0, 0.05) is 31.7 Å². The minimum atomic E-state index is -0.292. The summed E-state index contributed by atoms with van der Waals surface area (Å²) in [6.07, 6.45) is 0. The summed E-state index contributed by atoms with van der Waals surface area (Å²) in [5, 5.41) is 0. The summed E-state index contributed by atoms with van der Waals surface area (Å²) in [5.74, 6) is 0.760. The molecule has 2 aliphatic rings. The summed E-state index contributed by atoms with van der Waals surface area (Å²) in [7, 11) is 5.24. The van der Waals surface area contributed by atoms with Crippen LogP contribution >= 0.6 is 0 Å². The van der Waals surface area contributed by atoms with E-state index in [0.717, 1.165) is 24.4 Å². The third-order valence-corrected chi connectivity index (χ3v) is 5.84. The first-order valence-corrected chi connectivity index (χ1v) is 10.3. The van der Waals surface area contributed by atoms with Crippen molar-refractivity contribution in [3.05, 3.63) is 65.4 Å². The largest absolute Gasteiger partial charge is 0.497 e. The van der Waals surface area contributed by atoms with E-state index < -0.39 is 0 Å². The SMILES string of the molecule is COc1ccc(CN2C(=O)C(c3ccccc3OC)=C(N3CCN(C)CC3)C2=O)cc1. The van der Waals surface area contributed by atoms with Crippen LogP contribution in [0.25, 0.3) is 5.57 Å². The number of carbonyl (C=O) groups is 2. The smallest absolute Gasteiger partial charge is 0.278 e. The van der Waals surface area contributed by atoms with Gasteiger partial charge in [0.15, 0.2) is 0 Å². The second-order valence-corrected chi connectivity index (χ2v) is 7.76. The lowest BCUT2D eigenvalue weighted by atomic mass is 10.0. The van der Waals surface area contributed by atoms with Crippen molar-refractivity contribution in [3.63, 3.8) is 0 Å². The van der Waals surface area contributed by atoms with Crippen molar-refractivity contribution in [2.75, 3.05) is 47.4 Å². The monoisotopic (exact) mass is 421 g/mol. The Morgan fingerprint density at radius 1 is 0.839 bits per heavy atom. The molecule has 0 bridgehead atoms. The number of nitrogens with zero attached hydrogens (tertiary/aromatic N) is 3. The van der Waals surface area contributed by atoms with Gasteiger partial charge < -0.3 is 19.3 Å². The molecule has 1 fully saturated rings. The van der Waals surface area contributed by atoms with Crippen LogP contribution in [0.15, 0.2) is 54.2 Å². The molecule has 2 amide bonds. The first kappa shape index (κ1) is 20.9. The third-order valence-electron chi connectivity index (χ3n) is 5.84. The highest BCUT2D eigenvalue weighted by Gasteiger charge is 2.42. The van der Waals surface area contributed by atoms with E-state index in [2.05, 4.69) is 11.9 Å². The van der Waals surface area contributed by atoms with Crippen LogP contribution in [0.4, 0.5) is 0 Å². The number of likely N-dealkylation sites (N-methyl/N-ethyl adjacent to an activating group) is 1. The van der Waals surface area contributed by atoms with E-state index in [1.165, 1.54) is 4.90 Å². The lowest BCUT2D eigenvalue weighted by Gasteiger charge is -2.34. The van der Waals surface area contributed by atoms with Crippen molar-refractivity contribution in [2.45, 2.75) is 6.54 Å². The van der Waals surface area contributed by atoms with Crippen LogP contribution in [0.2, 0.25) is 0 Å². The molecule has 162 valence electrons. The normalized spacial score (nSPS) is 17.5. The number of para-hydroxylation sites is 1. The highest BCUT2D eigenvalue weighted by Crippen LogP contribution is 2.37. The Balaban J connectivity index is 1.72. The second kappa shape index (κ2) is 8.81. The summed E-state index contributed by atoms with van der Waals surface area (Å²) in [6, 6.07) is 14.8. The maximum atomic E-state index is 13.6. The summed E-state index contributed by atoms with van der Waals surface area (Å²) in [4.78, 5) is 32.7. The van der Waals surface area contributed by atoms with E-state index in [1.54, 1.807) is 14.2 Å². The number of benzene rings is 2. The maximum absolute atomic E-state index is 13.6. The number of ether oxygens (including phenoxy) is 2. The van der Waals surface area contributed by atoms with Crippen LogP contribution in [-0.2, 0) is 16.1 Å². The Morgan fingerprint density at radius 3 is 2.16 bits per heavy atom. The molecule has 0 spiro atoms. The molecule has 0 aromatic heterocycles. The van der Waals surface area contributed by atoms with E-state index >= 15 is 0 Å². The van der Waals surface area contributed by atoms with Crippen molar-refractivity contribution in [1.82, 2.24) is 14.7 Å². The Hall–Kier alpha value is -3.32. The number of imide groups is 1. The minimum absolute atomic E-state index is 0.206. The van der Waals surface area contributed by atoms with Crippen LogP contribution in [0, 0.1) is 0 Å². The number of amides is 2. The Labute approximate surface area is 182 Å². The molecule has 0 aliphatic carbocycles. The Bertz CT molecular complexity index is 1010. The number of hydrogen-bond acceptors (Lipinski definition) is 6. The van der Waals surface area contributed by atoms with Gasteiger partial charge in [-0.15, -0.1) is 0 Å². The molecule has 7 nitrogen and oxygen atoms in total. The molecule has 1 saturated heterocycles. The summed E-state index contributed by atoms with van der Waals surface area (Å²) in [6.45, 7) is 3.27. The molecule has 0 N–H and O–H groups in total. The molecule has 7 heteroatoms. The van der Waals surface area contributed by atoms with Crippen molar-refractivity contribution >= 4 is 17.4 Å². The summed E-state index contributed by atoms with van der Waals surface area (Å²) in [5.41, 5.74) is 2.40. The van der Waals surface area contributed by atoms with Gasteiger partial charge in [-0.05, 0) is 30.8 Å². The van der Waals surface area contributed by atoms with Gasteiger partial charge in [-0.25, -0.2) is 0 Å². The molecule has 0 saturated carbocycles. The van der Waals surface area contributed by atoms with E-state index in [-0.39, 0.29) is 18.4 Å². The molecule has 2 aromatic carbocycles. The zero-order chi connectivity index (χ0) is 22.0. The second-order valence-electron chi connectivity index (χ2n) is 7.76. The Kier molecular flexibility index (Phi) is 5.95. The highest BCUT2D eigenvalue weighted by atomic mass is 16.5. The predicted molar refractivity (Wildman–Crippen MR) is 118 cm³/mol. The van der Waals surface area contributed by atoms with Crippen molar-refractivity contribution in [1.29, 1.82) is 0 Å². The molecule has 31 heavy (non-hydrogen) atoms. The molecule has 2 heterocycles. The van der Waals surface area contributed by atoms with Crippen LogP contribution in [0.1, 0.15) is 11.1 Å². The summed E-state index contributed by atoms with van der Waals surface area (Å²) >= 11 is 0. The molecular formula is C24H27N3O4. The first-order chi connectivity index (χ1) is 15.0. The van der Waals surface area contributed by atoms with Gasteiger partial charge >= 0.3 is 0 Å². The van der Waals surface area contributed by atoms with Gasteiger partial charge in [0.25, 0.3) is 11.8 Å². The average Bonchev–Trinajstić information content (AvgIpc) is 3.04. The number of hydrogen-bond donors (Lipinski definition) is 0. The predicted octanol–water partition coefficient (Wildman–Crippen LogP) is 2.23. The first-order valence-electron chi connectivity index (χ1n) is 10.3. The lowest BCUT2D eigenvalue weighted by molar-refractivity contribution is -0.138. The topological polar surface area (TPSA) is 62.3 Å². The van der Waals surface area contributed by atoms with Gasteiger partial charge in [-0.3, -0.25) is 14.5 Å². The molecule has 0 unspecified atom stereocenters. The number of carbonyl (C=O) groups excluding carboxylic acids is 2. The van der Waals surface area contributed by atoms with Crippen molar-refractivity contribution in [3.8, 4) is 11.5 Å². The maximum Gasteiger partial charge on any atom is 0.278 e. The standard InChI is InChI=1S/C24H27N3O4/c1-25-12-14-26(15-13-25)22-21(19-6-4-5-7-20(19)31-3)23(28)27(24(22)29)16-17-8-10-18(30-2)11-9-17/h4-11H,12-16H2,1-3H3. The zero-order valence-corrected chi connectivity index (χ0v) is 18.1. The van der Waals surface area contributed by atoms with Gasteiger partial charge in [0.1, 0.15) is 17.2 Å². The fourth-order valence-corrected chi connectivity index (χ4v) is 4.04. The Morgan fingerprint density at radius 2 is 1.52 bits per heavy atom. The van der Waals surface area contributed by atoms with Crippen LogP contribution in [-0.4, -0.2) is 74.0 Å². The number of rotatable bonds is 6. The van der Waals surface area contributed by atoms with E-state index in [4.69, 9.17) is 9.47 Å². The molecule has 2 aromatic rings. The fraction of sp³-hybridized carbons (Fsp3) is 0.333. The van der Waals surface area contributed by atoms with Crippen molar-refractivity contribution in [2.24, 2.45) is 0 Å². The molecule has 0 radical (unpaired) electrons. The third kappa shape index (κ3) is 4.01. The van der Waals surface area contributed by atoms with E-state index in [0.29, 0.717) is 35.7 Å². The molecular weight excluding hydrogens is 394 g/mol. The van der Waals surface area contributed by atoms with Gasteiger partial charge in [-0.2, -0.15) is 0 Å². The quantitative estimate of drug-likeness (QED) is 0.667. The number of piperazine rings is 1. The number of methoxy groups -OCH3 is 2. The zero-order valence-electron chi connectivity index (χ0n) is 18.1. The van der Waals surface area contributed by atoms with E-state index in [1.807, 2.05) is 53.4 Å². The van der Waals surface area contributed by atoms with Crippen LogP contribution in [0.3, 0.4) is 0 Å². The summed E-state index contributed by atoms with van der Waals surface area (Å²) < 4.78 is 10.7. The van der Waals surface area contributed by atoms with Crippen LogP contribution in [0.5, 0.6) is 11.5 Å². The molecule has 0 atom stereocenters. The highest BCUT2D eigenvalue weighted by molar-refractivity contribution is 6.35. The molecule has 4 rings (SSSR count). The fourth-order valence-electron chi connectivity index (χ4n) is 4.04. The molecule has 2 aliphatic heterocycles. The van der Waals surface area contributed by atoms with Crippen molar-refractivity contribution < 1.29 is 19.1 Å².